The molecule has 118 valence electrons. The molecule has 3 nitrogen and oxygen atoms in total. The Labute approximate surface area is 129 Å². The van der Waals surface area contributed by atoms with Crippen LogP contribution >= 0.6 is 0 Å². The molecule has 0 radical (unpaired) electrons. The zero-order chi connectivity index (χ0) is 15.4. The third-order valence-corrected chi connectivity index (χ3v) is 5.08. The van der Waals surface area contributed by atoms with E-state index in [1.807, 2.05) is 12.1 Å². The molecule has 1 fully saturated rings. The monoisotopic (exact) mass is 291 g/mol. The quantitative estimate of drug-likeness (QED) is 0.883. The van der Waals surface area contributed by atoms with E-state index in [0.717, 1.165) is 23.3 Å². The molecular formula is C18H29NO2. The third-order valence-electron chi connectivity index (χ3n) is 5.08. The normalized spacial score (nSPS) is 27.2. The summed E-state index contributed by atoms with van der Waals surface area (Å²) >= 11 is 0. The summed E-state index contributed by atoms with van der Waals surface area (Å²) in [5, 5.41) is 3.81. The highest BCUT2D eigenvalue weighted by atomic mass is 16.5. The fourth-order valence-corrected chi connectivity index (χ4v) is 3.40. The summed E-state index contributed by atoms with van der Waals surface area (Å²) < 4.78 is 10.8. The molecule has 0 saturated heterocycles. The standard InChI is InChI=1S/C18H29NO2/c1-12-7-6-8-17(13(12)2)19-14(3)16-10-9-15(20-4)11-18(16)21-5/h9-14,17,19H,6-8H2,1-5H3. The van der Waals surface area contributed by atoms with Gasteiger partial charge in [-0.2, -0.15) is 0 Å². The number of rotatable bonds is 5. The van der Waals surface area contributed by atoms with Crippen LogP contribution in [0.15, 0.2) is 18.2 Å². The maximum Gasteiger partial charge on any atom is 0.127 e. The fraction of sp³-hybridized carbons (Fsp3) is 0.667. The highest BCUT2D eigenvalue weighted by molar-refractivity contribution is 5.42. The second-order valence-corrected chi connectivity index (χ2v) is 6.37. The Morgan fingerprint density at radius 3 is 2.57 bits per heavy atom. The van der Waals surface area contributed by atoms with Crippen molar-refractivity contribution in [3.8, 4) is 11.5 Å². The molecule has 1 saturated carbocycles. The Morgan fingerprint density at radius 2 is 1.90 bits per heavy atom. The van der Waals surface area contributed by atoms with Crippen molar-refractivity contribution in [3.63, 3.8) is 0 Å². The molecule has 1 aliphatic rings. The van der Waals surface area contributed by atoms with Gasteiger partial charge in [0, 0.05) is 23.7 Å². The molecule has 0 bridgehead atoms. The molecular weight excluding hydrogens is 262 g/mol. The SMILES string of the molecule is COc1ccc(C(C)NC2CCCC(C)C2C)c(OC)c1. The van der Waals surface area contributed by atoms with E-state index in [-0.39, 0.29) is 6.04 Å². The molecule has 2 rings (SSSR count). The van der Waals surface area contributed by atoms with Crippen LogP contribution in [-0.2, 0) is 0 Å². The largest absolute Gasteiger partial charge is 0.497 e. The van der Waals surface area contributed by atoms with Gasteiger partial charge in [-0.25, -0.2) is 0 Å². The average molecular weight is 291 g/mol. The number of ether oxygens (including phenoxy) is 2. The van der Waals surface area contributed by atoms with Crippen LogP contribution in [0.4, 0.5) is 0 Å². The number of nitrogens with one attached hydrogen (secondary N) is 1. The van der Waals surface area contributed by atoms with Crippen molar-refractivity contribution in [2.24, 2.45) is 11.8 Å². The Balaban J connectivity index is 2.10. The zero-order valence-corrected chi connectivity index (χ0v) is 14.0. The molecule has 0 heterocycles. The maximum absolute atomic E-state index is 5.53. The van der Waals surface area contributed by atoms with Crippen molar-refractivity contribution in [2.45, 2.75) is 52.1 Å². The van der Waals surface area contributed by atoms with Crippen LogP contribution in [-0.4, -0.2) is 20.3 Å². The molecule has 1 aromatic rings. The van der Waals surface area contributed by atoms with Gasteiger partial charge in [0.25, 0.3) is 0 Å². The van der Waals surface area contributed by atoms with E-state index in [9.17, 15) is 0 Å². The van der Waals surface area contributed by atoms with Crippen molar-refractivity contribution in [2.75, 3.05) is 14.2 Å². The van der Waals surface area contributed by atoms with Crippen molar-refractivity contribution < 1.29 is 9.47 Å². The van der Waals surface area contributed by atoms with Crippen LogP contribution in [0.2, 0.25) is 0 Å². The molecule has 21 heavy (non-hydrogen) atoms. The topological polar surface area (TPSA) is 30.5 Å². The minimum atomic E-state index is 0.281. The van der Waals surface area contributed by atoms with Gasteiger partial charge in [0.1, 0.15) is 11.5 Å². The van der Waals surface area contributed by atoms with Crippen molar-refractivity contribution in [3.05, 3.63) is 23.8 Å². The number of hydrogen-bond acceptors (Lipinski definition) is 3. The Morgan fingerprint density at radius 1 is 1.14 bits per heavy atom. The second kappa shape index (κ2) is 7.17. The molecule has 4 atom stereocenters. The highest BCUT2D eigenvalue weighted by Gasteiger charge is 2.28. The van der Waals surface area contributed by atoms with E-state index in [0.29, 0.717) is 6.04 Å². The Bertz CT molecular complexity index is 461. The van der Waals surface area contributed by atoms with E-state index < -0.39 is 0 Å². The minimum absolute atomic E-state index is 0.281. The summed E-state index contributed by atoms with van der Waals surface area (Å²) in [5.74, 6) is 3.26. The van der Waals surface area contributed by atoms with Crippen LogP contribution in [0.5, 0.6) is 11.5 Å². The predicted molar refractivity (Wildman–Crippen MR) is 87.1 cm³/mol. The first-order valence-corrected chi connectivity index (χ1v) is 8.04. The average Bonchev–Trinajstić information content (AvgIpc) is 2.51. The summed E-state index contributed by atoms with van der Waals surface area (Å²) in [6, 6.07) is 6.94. The predicted octanol–water partition coefficient (Wildman–Crippen LogP) is 4.18. The first-order valence-electron chi connectivity index (χ1n) is 8.04. The second-order valence-electron chi connectivity index (χ2n) is 6.37. The lowest BCUT2D eigenvalue weighted by Crippen LogP contribution is -2.41. The summed E-state index contributed by atoms with van der Waals surface area (Å²) in [7, 11) is 3.40. The number of hydrogen-bond donors (Lipinski definition) is 1. The number of methoxy groups -OCH3 is 2. The zero-order valence-electron chi connectivity index (χ0n) is 14.0. The molecule has 0 aromatic heterocycles. The van der Waals surface area contributed by atoms with Crippen LogP contribution in [0.25, 0.3) is 0 Å². The summed E-state index contributed by atoms with van der Waals surface area (Å²) in [5.41, 5.74) is 1.20. The van der Waals surface area contributed by atoms with Crippen LogP contribution < -0.4 is 14.8 Å². The van der Waals surface area contributed by atoms with Gasteiger partial charge < -0.3 is 14.8 Å². The Kier molecular flexibility index (Phi) is 5.51. The molecule has 1 N–H and O–H groups in total. The molecule has 3 heteroatoms. The van der Waals surface area contributed by atoms with Gasteiger partial charge >= 0.3 is 0 Å². The van der Waals surface area contributed by atoms with Crippen molar-refractivity contribution >= 4 is 0 Å². The first kappa shape index (κ1) is 16.2. The van der Waals surface area contributed by atoms with Crippen LogP contribution in [0, 0.1) is 11.8 Å². The van der Waals surface area contributed by atoms with Crippen molar-refractivity contribution in [1.82, 2.24) is 5.32 Å². The van der Waals surface area contributed by atoms with E-state index in [1.54, 1.807) is 14.2 Å². The lowest BCUT2D eigenvalue weighted by Gasteiger charge is -2.36. The Hall–Kier alpha value is -1.22. The van der Waals surface area contributed by atoms with Gasteiger partial charge in [-0.3, -0.25) is 0 Å². The lowest BCUT2D eigenvalue weighted by atomic mass is 9.77. The molecule has 0 amide bonds. The fourth-order valence-electron chi connectivity index (χ4n) is 3.40. The molecule has 4 unspecified atom stereocenters. The van der Waals surface area contributed by atoms with Gasteiger partial charge in [-0.1, -0.05) is 32.8 Å². The summed E-state index contributed by atoms with van der Waals surface area (Å²) in [4.78, 5) is 0. The summed E-state index contributed by atoms with van der Waals surface area (Å²) in [6.07, 6.45) is 3.96. The van der Waals surface area contributed by atoms with E-state index in [4.69, 9.17) is 9.47 Å². The van der Waals surface area contributed by atoms with Gasteiger partial charge in [-0.05, 0) is 31.2 Å². The highest BCUT2D eigenvalue weighted by Crippen LogP contribution is 2.33. The smallest absolute Gasteiger partial charge is 0.127 e. The van der Waals surface area contributed by atoms with Crippen LogP contribution in [0.1, 0.15) is 51.6 Å². The van der Waals surface area contributed by atoms with E-state index >= 15 is 0 Å². The van der Waals surface area contributed by atoms with Gasteiger partial charge in [0.15, 0.2) is 0 Å². The third kappa shape index (κ3) is 3.70. The van der Waals surface area contributed by atoms with E-state index in [2.05, 4.69) is 32.2 Å². The maximum atomic E-state index is 5.53. The van der Waals surface area contributed by atoms with Gasteiger partial charge in [-0.15, -0.1) is 0 Å². The first-order chi connectivity index (χ1) is 10.1. The molecule has 1 aromatic carbocycles. The number of benzene rings is 1. The molecule has 0 aliphatic heterocycles. The molecule has 1 aliphatic carbocycles. The molecule has 0 spiro atoms. The van der Waals surface area contributed by atoms with E-state index in [1.165, 1.54) is 24.8 Å². The summed E-state index contributed by atoms with van der Waals surface area (Å²) in [6.45, 7) is 6.97. The minimum Gasteiger partial charge on any atom is -0.497 e. The van der Waals surface area contributed by atoms with Gasteiger partial charge in [0.05, 0.1) is 14.2 Å². The van der Waals surface area contributed by atoms with Gasteiger partial charge in [0.2, 0.25) is 0 Å². The van der Waals surface area contributed by atoms with Crippen LogP contribution in [0.3, 0.4) is 0 Å². The lowest BCUT2D eigenvalue weighted by molar-refractivity contribution is 0.195. The van der Waals surface area contributed by atoms with Crippen molar-refractivity contribution in [1.29, 1.82) is 0 Å².